The van der Waals surface area contributed by atoms with E-state index in [1.54, 1.807) is 30.3 Å². The topological polar surface area (TPSA) is 71.2 Å². The Balaban J connectivity index is 1.94. The Morgan fingerprint density at radius 3 is 2.79 bits per heavy atom. The molecule has 0 aliphatic heterocycles. The van der Waals surface area contributed by atoms with E-state index in [0.717, 1.165) is 0 Å². The number of carbonyl (C=O) groups is 1. The maximum atomic E-state index is 14.1. The third kappa shape index (κ3) is 3.12. The van der Waals surface area contributed by atoms with Crippen LogP contribution in [0.4, 0.5) is 10.1 Å². The number of benzene rings is 2. The second-order valence-corrected chi connectivity index (χ2v) is 5.13. The Morgan fingerprint density at radius 1 is 1.21 bits per heavy atom. The van der Waals surface area contributed by atoms with E-state index in [9.17, 15) is 14.0 Å². The first-order valence-electron chi connectivity index (χ1n) is 7.44. The minimum Gasteiger partial charge on any atom is -0.493 e. The molecule has 1 aromatic heterocycles. The van der Waals surface area contributed by atoms with Gasteiger partial charge in [0.15, 0.2) is 0 Å². The molecule has 5 nitrogen and oxygen atoms in total. The lowest BCUT2D eigenvalue weighted by atomic mass is 10.1. The molecule has 0 aliphatic carbocycles. The number of hydrogen-bond acceptors (Lipinski definition) is 3. The van der Waals surface area contributed by atoms with Gasteiger partial charge in [0.1, 0.15) is 11.6 Å². The van der Waals surface area contributed by atoms with Crippen LogP contribution in [-0.4, -0.2) is 17.5 Å². The van der Waals surface area contributed by atoms with E-state index in [1.807, 2.05) is 6.92 Å². The van der Waals surface area contributed by atoms with Crippen molar-refractivity contribution in [2.75, 3.05) is 11.9 Å². The molecular formula is C18H15FN2O3. The zero-order valence-corrected chi connectivity index (χ0v) is 12.9. The Morgan fingerprint density at radius 2 is 2.00 bits per heavy atom. The normalized spacial score (nSPS) is 10.6. The molecule has 0 atom stereocenters. The highest BCUT2D eigenvalue weighted by Gasteiger charge is 2.13. The summed E-state index contributed by atoms with van der Waals surface area (Å²) in [6, 6.07) is 12.4. The van der Waals surface area contributed by atoms with Crippen LogP contribution < -0.4 is 15.6 Å². The molecule has 1 amide bonds. The average Bonchev–Trinajstić information content (AvgIpc) is 2.56. The van der Waals surface area contributed by atoms with Gasteiger partial charge in [-0.1, -0.05) is 12.1 Å². The molecule has 6 heteroatoms. The van der Waals surface area contributed by atoms with Gasteiger partial charge >= 0.3 is 0 Å². The first-order chi connectivity index (χ1) is 11.6. The molecule has 0 radical (unpaired) electrons. The molecule has 3 aromatic rings. The Bertz CT molecular complexity index is 966. The van der Waals surface area contributed by atoms with Crippen LogP contribution >= 0.6 is 0 Å². The number of pyridine rings is 1. The molecule has 3 rings (SSSR count). The number of ether oxygens (including phenoxy) is 1. The lowest BCUT2D eigenvalue weighted by molar-refractivity contribution is 0.102. The molecule has 24 heavy (non-hydrogen) atoms. The average molecular weight is 326 g/mol. The van der Waals surface area contributed by atoms with Gasteiger partial charge in [0.05, 0.1) is 17.7 Å². The number of H-pyrrole nitrogens is 1. The van der Waals surface area contributed by atoms with Crippen LogP contribution in [0, 0.1) is 5.82 Å². The monoisotopic (exact) mass is 326 g/mol. The summed E-state index contributed by atoms with van der Waals surface area (Å²) in [7, 11) is 0. The summed E-state index contributed by atoms with van der Waals surface area (Å²) < 4.78 is 19.6. The second kappa shape index (κ2) is 6.54. The number of halogens is 1. The molecule has 0 bridgehead atoms. The summed E-state index contributed by atoms with van der Waals surface area (Å²) >= 11 is 0. The molecule has 0 fully saturated rings. The zero-order valence-electron chi connectivity index (χ0n) is 12.9. The van der Waals surface area contributed by atoms with Crippen molar-refractivity contribution < 1.29 is 13.9 Å². The summed E-state index contributed by atoms with van der Waals surface area (Å²) in [5, 5.41) is 3.14. The maximum Gasteiger partial charge on any atom is 0.259 e. The van der Waals surface area contributed by atoms with Gasteiger partial charge < -0.3 is 15.0 Å². The van der Waals surface area contributed by atoms with Gasteiger partial charge in [-0.15, -0.1) is 0 Å². The van der Waals surface area contributed by atoms with E-state index in [4.69, 9.17) is 4.74 Å². The van der Waals surface area contributed by atoms with Crippen molar-refractivity contribution in [3.63, 3.8) is 0 Å². The summed E-state index contributed by atoms with van der Waals surface area (Å²) in [4.78, 5) is 26.1. The molecule has 0 saturated heterocycles. The van der Waals surface area contributed by atoms with Crippen LogP contribution in [0.3, 0.4) is 0 Å². The second-order valence-electron chi connectivity index (χ2n) is 5.13. The fourth-order valence-electron chi connectivity index (χ4n) is 2.43. The van der Waals surface area contributed by atoms with Gasteiger partial charge in [-0.25, -0.2) is 4.39 Å². The van der Waals surface area contributed by atoms with E-state index in [2.05, 4.69) is 10.3 Å². The standard InChI is InChI=1S/C18H15FN2O3/c1-2-24-15-6-4-3-5-13(15)18(23)20-12-9-11-7-8-16(22)21-17(11)14(19)10-12/h3-10H,2H2,1H3,(H,20,23)(H,21,22). The van der Waals surface area contributed by atoms with Crippen LogP contribution in [0.2, 0.25) is 0 Å². The largest absolute Gasteiger partial charge is 0.493 e. The van der Waals surface area contributed by atoms with E-state index in [-0.39, 0.29) is 11.1 Å². The van der Waals surface area contributed by atoms with Crippen molar-refractivity contribution in [2.24, 2.45) is 0 Å². The molecule has 1 heterocycles. The lowest BCUT2D eigenvalue weighted by Crippen LogP contribution is -2.14. The smallest absolute Gasteiger partial charge is 0.259 e. The maximum absolute atomic E-state index is 14.1. The van der Waals surface area contributed by atoms with Crippen LogP contribution in [0.1, 0.15) is 17.3 Å². The third-order valence-electron chi connectivity index (χ3n) is 3.47. The number of anilines is 1. The minimum atomic E-state index is -0.612. The first kappa shape index (κ1) is 15.7. The van der Waals surface area contributed by atoms with Gasteiger partial charge in [0, 0.05) is 17.1 Å². The number of fused-ring (bicyclic) bond motifs is 1. The molecule has 2 N–H and O–H groups in total. The Hall–Kier alpha value is -3.15. The lowest BCUT2D eigenvalue weighted by Gasteiger charge is -2.11. The highest BCUT2D eigenvalue weighted by Crippen LogP contribution is 2.23. The summed E-state index contributed by atoms with van der Waals surface area (Å²) in [5.74, 6) is -0.552. The number of aromatic amines is 1. The fourth-order valence-corrected chi connectivity index (χ4v) is 2.43. The van der Waals surface area contributed by atoms with Crippen molar-refractivity contribution in [3.05, 3.63) is 70.3 Å². The predicted octanol–water partition coefficient (Wildman–Crippen LogP) is 3.32. The van der Waals surface area contributed by atoms with Gasteiger partial charge in [0.25, 0.3) is 5.91 Å². The highest BCUT2D eigenvalue weighted by molar-refractivity contribution is 6.06. The van der Waals surface area contributed by atoms with E-state index in [1.165, 1.54) is 18.2 Å². The van der Waals surface area contributed by atoms with Crippen molar-refractivity contribution in [1.29, 1.82) is 0 Å². The molecule has 0 unspecified atom stereocenters. The van der Waals surface area contributed by atoms with E-state index >= 15 is 0 Å². The van der Waals surface area contributed by atoms with E-state index < -0.39 is 11.7 Å². The quantitative estimate of drug-likeness (QED) is 0.772. The molecule has 0 spiro atoms. The van der Waals surface area contributed by atoms with Crippen molar-refractivity contribution >= 4 is 22.5 Å². The number of carbonyl (C=O) groups excluding carboxylic acids is 1. The summed E-state index contributed by atoms with van der Waals surface area (Å²) in [6.45, 7) is 2.26. The molecule has 122 valence electrons. The first-order valence-corrected chi connectivity index (χ1v) is 7.44. The number of rotatable bonds is 4. The summed E-state index contributed by atoms with van der Waals surface area (Å²) in [6.07, 6.45) is 0. The molecule has 2 aromatic carbocycles. The van der Waals surface area contributed by atoms with Crippen molar-refractivity contribution in [3.8, 4) is 5.75 Å². The zero-order chi connectivity index (χ0) is 17.1. The number of para-hydroxylation sites is 1. The van der Waals surface area contributed by atoms with Crippen LogP contribution in [0.25, 0.3) is 10.9 Å². The van der Waals surface area contributed by atoms with E-state index in [0.29, 0.717) is 29.0 Å². The molecule has 0 aliphatic rings. The number of hydrogen-bond donors (Lipinski definition) is 2. The fraction of sp³-hybridized carbons (Fsp3) is 0.111. The van der Waals surface area contributed by atoms with Gasteiger partial charge in [0.2, 0.25) is 5.56 Å². The van der Waals surface area contributed by atoms with Crippen molar-refractivity contribution in [1.82, 2.24) is 4.98 Å². The third-order valence-corrected chi connectivity index (χ3v) is 3.47. The summed E-state index contributed by atoms with van der Waals surface area (Å²) in [5.41, 5.74) is 0.378. The van der Waals surface area contributed by atoms with Gasteiger partial charge in [-0.2, -0.15) is 0 Å². The van der Waals surface area contributed by atoms with Gasteiger partial charge in [-0.05, 0) is 37.3 Å². The minimum absolute atomic E-state index is 0.107. The van der Waals surface area contributed by atoms with Crippen LogP contribution in [0.15, 0.2) is 53.3 Å². The Labute approximate surface area is 137 Å². The highest BCUT2D eigenvalue weighted by atomic mass is 19.1. The SMILES string of the molecule is CCOc1ccccc1C(=O)Nc1cc(F)c2[nH]c(=O)ccc2c1. The van der Waals surface area contributed by atoms with Crippen LogP contribution in [-0.2, 0) is 0 Å². The number of aromatic nitrogens is 1. The van der Waals surface area contributed by atoms with Crippen molar-refractivity contribution in [2.45, 2.75) is 6.92 Å². The number of nitrogens with one attached hydrogen (secondary N) is 2. The Kier molecular flexibility index (Phi) is 4.29. The van der Waals surface area contributed by atoms with Gasteiger partial charge in [-0.3, -0.25) is 9.59 Å². The predicted molar refractivity (Wildman–Crippen MR) is 90.1 cm³/mol. The molecule has 0 saturated carbocycles. The number of amides is 1. The van der Waals surface area contributed by atoms with Crippen LogP contribution in [0.5, 0.6) is 5.75 Å². The molecular weight excluding hydrogens is 311 g/mol.